The Morgan fingerprint density at radius 3 is 2.25 bits per heavy atom. The summed E-state index contributed by atoms with van der Waals surface area (Å²) in [6.45, 7) is 5.16. The molecular weight excluding hydrogens is 250 g/mol. The molecule has 108 valence electrons. The van der Waals surface area contributed by atoms with Crippen molar-refractivity contribution in [2.24, 2.45) is 5.92 Å². The summed E-state index contributed by atoms with van der Waals surface area (Å²) in [5.74, 6) is 0.415. The molecular formula is C17H23NO2. The molecule has 1 aliphatic rings. The van der Waals surface area contributed by atoms with Gasteiger partial charge in [0.05, 0.1) is 0 Å². The second kappa shape index (κ2) is 6.69. The van der Waals surface area contributed by atoms with Gasteiger partial charge in [-0.25, -0.2) is 0 Å². The molecule has 20 heavy (non-hydrogen) atoms. The van der Waals surface area contributed by atoms with E-state index in [0.29, 0.717) is 13.1 Å². The summed E-state index contributed by atoms with van der Waals surface area (Å²) in [6, 6.07) is 8.01. The van der Waals surface area contributed by atoms with Gasteiger partial charge >= 0.3 is 0 Å². The van der Waals surface area contributed by atoms with E-state index in [1.807, 2.05) is 17.0 Å². The second-order valence-corrected chi connectivity index (χ2v) is 5.59. The lowest BCUT2D eigenvalue weighted by Gasteiger charge is -2.30. The Bertz CT molecular complexity index is 470. The van der Waals surface area contributed by atoms with Crippen molar-refractivity contribution in [2.45, 2.75) is 39.5 Å². The molecule has 1 fully saturated rings. The Morgan fingerprint density at radius 2 is 1.75 bits per heavy atom. The van der Waals surface area contributed by atoms with Crippen LogP contribution in [-0.2, 0) is 11.2 Å². The van der Waals surface area contributed by atoms with E-state index >= 15 is 0 Å². The zero-order valence-electron chi connectivity index (χ0n) is 12.4. The lowest BCUT2D eigenvalue weighted by atomic mass is 9.88. The molecule has 2 rings (SSSR count). The molecule has 1 amide bonds. The van der Waals surface area contributed by atoms with Gasteiger partial charge in [0.1, 0.15) is 0 Å². The third-order valence-corrected chi connectivity index (χ3v) is 4.09. The van der Waals surface area contributed by atoms with Crippen molar-refractivity contribution in [3.05, 3.63) is 35.4 Å². The Hall–Kier alpha value is -1.64. The van der Waals surface area contributed by atoms with Crippen LogP contribution in [0.5, 0.6) is 0 Å². The minimum absolute atomic E-state index is 0.0719. The molecule has 0 unspecified atom stereocenters. The first-order chi connectivity index (χ1) is 9.61. The van der Waals surface area contributed by atoms with Crippen LogP contribution in [-0.4, -0.2) is 29.7 Å². The number of amides is 1. The van der Waals surface area contributed by atoms with Gasteiger partial charge in [0.25, 0.3) is 0 Å². The Morgan fingerprint density at radius 1 is 1.15 bits per heavy atom. The molecule has 0 bridgehead atoms. The van der Waals surface area contributed by atoms with Crippen LogP contribution in [0, 0.1) is 5.92 Å². The number of carbonyl (C=O) groups is 2. The predicted octanol–water partition coefficient (Wildman–Crippen LogP) is 3.08. The fourth-order valence-electron chi connectivity index (χ4n) is 2.82. The molecule has 1 heterocycles. The van der Waals surface area contributed by atoms with E-state index in [1.165, 1.54) is 5.56 Å². The smallest absolute Gasteiger partial charge is 0.219 e. The van der Waals surface area contributed by atoms with Crippen LogP contribution in [0.25, 0.3) is 0 Å². The number of ketones is 1. The average Bonchev–Trinajstić information content (AvgIpc) is 2.48. The Labute approximate surface area is 121 Å². The fourth-order valence-corrected chi connectivity index (χ4v) is 2.82. The van der Waals surface area contributed by atoms with Gasteiger partial charge in [-0.1, -0.05) is 37.6 Å². The number of Topliss-reactive ketones (excluding diaryl/α,β-unsaturated/α-hetero) is 1. The highest BCUT2D eigenvalue weighted by Gasteiger charge is 2.26. The van der Waals surface area contributed by atoms with E-state index in [2.05, 4.69) is 19.1 Å². The topological polar surface area (TPSA) is 37.4 Å². The number of hydrogen-bond acceptors (Lipinski definition) is 2. The highest BCUT2D eigenvalue weighted by atomic mass is 16.2. The molecule has 0 spiro atoms. The number of likely N-dealkylation sites (tertiary alicyclic amines) is 1. The molecule has 1 aromatic carbocycles. The van der Waals surface area contributed by atoms with E-state index in [1.54, 1.807) is 6.92 Å². The number of carbonyl (C=O) groups excluding carboxylic acids is 2. The van der Waals surface area contributed by atoms with Crippen LogP contribution in [0.15, 0.2) is 24.3 Å². The van der Waals surface area contributed by atoms with Crippen LogP contribution in [0.3, 0.4) is 0 Å². The quantitative estimate of drug-likeness (QED) is 0.791. The summed E-state index contributed by atoms with van der Waals surface area (Å²) in [5, 5.41) is 0. The molecule has 0 radical (unpaired) electrons. The van der Waals surface area contributed by atoms with Crippen molar-refractivity contribution in [1.29, 1.82) is 0 Å². The van der Waals surface area contributed by atoms with E-state index in [4.69, 9.17) is 0 Å². The first-order valence-corrected chi connectivity index (χ1v) is 7.50. The summed E-state index contributed by atoms with van der Waals surface area (Å²) in [5.41, 5.74) is 2.10. The highest BCUT2D eigenvalue weighted by Crippen LogP contribution is 2.22. The zero-order chi connectivity index (χ0) is 14.5. The van der Waals surface area contributed by atoms with Gasteiger partial charge in [-0.2, -0.15) is 0 Å². The third kappa shape index (κ3) is 3.47. The molecule has 0 atom stereocenters. The Kier molecular flexibility index (Phi) is 4.94. The van der Waals surface area contributed by atoms with Gasteiger partial charge in [0, 0.05) is 31.5 Å². The first-order valence-electron chi connectivity index (χ1n) is 7.50. The van der Waals surface area contributed by atoms with Crippen LogP contribution in [0.4, 0.5) is 0 Å². The largest absolute Gasteiger partial charge is 0.343 e. The van der Waals surface area contributed by atoms with Crippen molar-refractivity contribution in [2.75, 3.05) is 13.1 Å². The summed E-state index contributed by atoms with van der Waals surface area (Å²) < 4.78 is 0. The third-order valence-electron chi connectivity index (χ3n) is 4.09. The van der Waals surface area contributed by atoms with Gasteiger partial charge in [-0.3, -0.25) is 9.59 Å². The maximum absolute atomic E-state index is 12.4. The number of benzene rings is 1. The first kappa shape index (κ1) is 14.8. The van der Waals surface area contributed by atoms with Gasteiger partial charge in [-0.05, 0) is 24.8 Å². The van der Waals surface area contributed by atoms with Gasteiger partial charge in [0.2, 0.25) is 5.91 Å². The van der Waals surface area contributed by atoms with E-state index in [0.717, 1.165) is 31.2 Å². The van der Waals surface area contributed by atoms with Crippen molar-refractivity contribution in [3.8, 4) is 0 Å². The Balaban J connectivity index is 1.96. The maximum atomic E-state index is 12.4. The predicted molar refractivity (Wildman–Crippen MR) is 79.7 cm³/mol. The highest BCUT2D eigenvalue weighted by molar-refractivity contribution is 5.98. The minimum Gasteiger partial charge on any atom is -0.343 e. The van der Waals surface area contributed by atoms with E-state index < -0.39 is 0 Å². The lowest BCUT2D eigenvalue weighted by Crippen LogP contribution is -2.39. The van der Waals surface area contributed by atoms with Gasteiger partial charge in [-0.15, -0.1) is 0 Å². The number of hydrogen-bond donors (Lipinski definition) is 0. The molecule has 3 nitrogen and oxygen atoms in total. The van der Waals surface area contributed by atoms with Crippen molar-refractivity contribution >= 4 is 11.7 Å². The van der Waals surface area contributed by atoms with Gasteiger partial charge < -0.3 is 4.90 Å². The molecule has 0 aromatic heterocycles. The number of aryl methyl sites for hydroxylation is 1. The second-order valence-electron chi connectivity index (χ2n) is 5.59. The summed E-state index contributed by atoms with van der Waals surface area (Å²) in [7, 11) is 0. The lowest BCUT2D eigenvalue weighted by molar-refractivity contribution is -0.130. The number of nitrogens with zero attached hydrogens (tertiary/aromatic N) is 1. The fraction of sp³-hybridized carbons (Fsp3) is 0.529. The van der Waals surface area contributed by atoms with Crippen LogP contribution in [0.1, 0.15) is 49.0 Å². The SMILES string of the molecule is CCCc1ccc(C(=O)C2CCN(C(C)=O)CC2)cc1. The van der Waals surface area contributed by atoms with Crippen molar-refractivity contribution in [1.82, 2.24) is 4.90 Å². The van der Waals surface area contributed by atoms with Crippen LogP contribution < -0.4 is 0 Å². The maximum Gasteiger partial charge on any atom is 0.219 e. The molecule has 1 aromatic rings. The van der Waals surface area contributed by atoms with Crippen molar-refractivity contribution in [3.63, 3.8) is 0 Å². The molecule has 1 saturated heterocycles. The van der Waals surface area contributed by atoms with Crippen LogP contribution >= 0.6 is 0 Å². The van der Waals surface area contributed by atoms with Gasteiger partial charge in [0.15, 0.2) is 5.78 Å². The molecule has 0 aliphatic carbocycles. The summed E-state index contributed by atoms with van der Waals surface area (Å²) in [6.07, 6.45) is 3.76. The zero-order valence-corrected chi connectivity index (χ0v) is 12.4. The van der Waals surface area contributed by atoms with Crippen LogP contribution in [0.2, 0.25) is 0 Å². The average molecular weight is 273 g/mol. The summed E-state index contributed by atoms with van der Waals surface area (Å²) >= 11 is 0. The summed E-state index contributed by atoms with van der Waals surface area (Å²) in [4.78, 5) is 25.6. The molecule has 0 N–H and O–H groups in total. The van der Waals surface area contributed by atoms with Crippen molar-refractivity contribution < 1.29 is 9.59 Å². The molecule has 0 saturated carbocycles. The minimum atomic E-state index is 0.0719. The molecule has 1 aliphatic heterocycles. The monoisotopic (exact) mass is 273 g/mol. The van der Waals surface area contributed by atoms with E-state index in [-0.39, 0.29) is 17.6 Å². The van der Waals surface area contributed by atoms with E-state index in [9.17, 15) is 9.59 Å². The normalized spacial score (nSPS) is 16.2. The molecule has 3 heteroatoms. The number of piperidine rings is 1. The number of rotatable bonds is 4. The standard InChI is InChI=1S/C17H23NO2/c1-3-4-14-5-7-15(8-6-14)17(20)16-9-11-18(12-10-16)13(2)19/h5-8,16H,3-4,9-12H2,1-2H3.